The first-order valence-corrected chi connectivity index (χ1v) is 5.55. The fraction of sp³-hybridized carbons (Fsp3) is 0.250. The summed E-state index contributed by atoms with van der Waals surface area (Å²) in [5.41, 5.74) is 0.0590. The maximum atomic E-state index is 11.1. The predicted molar refractivity (Wildman–Crippen MR) is 56.3 cm³/mol. The van der Waals surface area contributed by atoms with Crippen molar-refractivity contribution in [2.75, 3.05) is 18.9 Å². The van der Waals surface area contributed by atoms with Crippen LogP contribution >= 0.6 is 0 Å². The average molecular weight is 232 g/mol. The van der Waals surface area contributed by atoms with E-state index in [1.54, 1.807) is 0 Å². The third-order valence-corrected chi connectivity index (χ3v) is 2.74. The molecule has 0 atom stereocenters. The Hall–Kier alpha value is -1.47. The molecule has 0 bridgehead atoms. The molecule has 0 aromatic heterocycles. The SMILES string of the molecule is CNS(=O)(=O)Nc1cc(OC)ccc1O. The first-order valence-electron chi connectivity index (χ1n) is 4.07. The van der Waals surface area contributed by atoms with Gasteiger partial charge in [-0.05, 0) is 12.1 Å². The van der Waals surface area contributed by atoms with Gasteiger partial charge in [-0.25, -0.2) is 4.72 Å². The van der Waals surface area contributed by atoms with E-state index >= 15 is 0 Å². The molecular weight excluding hydrogens is 220 g/mol. The minimum Gasteiger partial charge on any atom is -0.506 e. The standard InChI is InChI=1S/C8H12N2O4S/c1-9-15(12,13)10-7-5-6(14-2)3-4-8(7)11/h3-5,9-11H,1-2H3. The molecule has 0 saturated heterocycles. The van der Waals surface area contributed by atoms with Gasteiger partial charge in [0.1, 0.15) is 11.5 Å². The van der Waals surface area contributed by atoms with Crippen molar-refractivity contribution < 1.29 is 18.3 Å². The number of nitrogens with one attached hydrogen (secondary N) is 2. The van der Waals surface area contributed by atoms with Crippen molar-refractivity contribution in [3.05, 3.63) is 18.2 Å². The molecule has 0 fully saturated rings. The van der Waals surface area contributed by atoms with Crippen LogP contribution in [0.3, 0.4) is 0 Å². The van der Waals surface area contributed by atoms with E-state index in [-0.39, 0.29) is 11.4 Å². The summed E-state index contributed by atoms with van der Waals surface area (Å²) in [7, 11) is -0.925. The molecule has 1 aromatic rings. The van der Waals surface area contributed by atoms with Crippen LogP contribution in [0.4, 0.5) is 5.69 Å². The second-order valence-electron chi connectivity index (χ2n) is 2.69. The molecule has 0 aliphatic heterocycles. The fourth-order valence-electron chi connectivity index (χ4n) is 0.920. The molecule has 0 unspecified atom stereocenters. The molecule has 7 heteroatoms. The van der Waals surface area contributed by atoms with Crippen molar-refractivity contribution in [2.24, 2.45) is 0 Å². The molecule has 84 valence electrons. The van der Waals surface area contributed by atoms with Gasteiger partial charge >= 0.3 is 0 Å². The van der Waals surface area contributed by atoms with E-state index in [4.69, 9.17) is 4.74 Å². The van der Waals surface area contributed by atoms with Crippen molar-refractivity contribution >= 4 is 15.9 Å². The van der Waals surface area contributed by atoms with Crippen LogP contribution in [0.5, 0.6) is 11.5 Å². The van der Waals surface area contributed by atoms with Gasteiger partial charge in [-0.2, -0.15) is 8.42 Å². The third kappa shape index (κ3) is 3.00. The number of aromatic hydroxyl groups is 1. The van der Waals surface area contributed by atoms with E-state index < -0.39 is 10.2 Å². The minimum atomic E-state index is -3.64. The number of methoxy groups -OCH3 is 1. The topological polar surface area (TPSA) is 87.7 Å². The number of rotatable bonds is 4. The smallest absolute Gasteiger partial charge is 0.298 e. The second-order valence-corrected chi connectivity index (χ2v) is 4.31. The van der Waals surface area contributed by atoms with Gasteiger partial charge in [0, 0.05) is 13.1 Å². The van der Waals surface area contributed by atoms with Crippen molar-refractivity contribution in [3.8, 4) is 11.5 Å². The summed E-state index contributed by atoms with van der Waals surface area (Å²) < 4.78 is 31.4. The van der Waals surface area contributed by atoms with Crippen LogP contribution in [0.1, 0.15) is 0 Å². The lowest BCUT2D eigenvalue weighted by Crippen LogP contribution is -2.26. The molecule has 15 heavy (non-hydrogen) atoms. The Morgan fingerprint density at radius 1 is 1.40 bits per heavy atom. The predicted octanol–water partition coefficient (Wildman–Crippen LogP) is 0.277. The summed E-state index contributed by atoms with van der Waals surface area (Å²) >= 11 is 0. The highest BCUT2D eigenvalue weighted by atomic mass is 32.2. The van der Waals surface area contributed by atoms with Crippen molar-refractivity contribution in [1.82, 2.24) is 4.72 Å². The maximum absolute atomic E-state index is 11.1. The van der Waals surface area contributed by atoms with Crippen LogP contribution in [-0.4, -0.2) is 27.7 Å². The molecule has 1 rings (SSSR count). The molecule has 0 saturated carbocycles. The number of hydrogen-bond acceptors (Lipinski definition) is 4. The lowest BCUT2D eigenvalue weighted by atomic mass is 10.3. The molecular formula is C8H12N2O4S. The molecule has 6 nitrogen and oxygen atoms in total. The molecule has 0 aliphatic rings. The van der Waals surface area contributed by atoms with Crippen LogP contribution in [0.2, 0.25) is 0 Å². The van der Waals surface area contributed by atoms with Gasteiger partial charge in [0.15, 0.2) is 0 Å². The first-order chi connectivity index (χ1) is 6.98. The number of hydrogen-bond donors (Lipinski definition) is 3. The molecule has 1 aromatic carbocycles. The van der Waals surface area contributed by atoms with Gasteiger partial charge < -0.3 is 9.84 Å². The highest BCUT2D eigenvalue weighted by Crippen LogP contribution is 2.28. The summed E-state index contributed by atoms with van der Waals surface area (Å²) in [5, 5.41) is 9.38. The number of phenolic OH excluding ortho intramolecular Hbond substituents is 1. The Morgan fingerprint density at radius 2 is 2.07 bits per heavy atom. The molecule has 0 aliphatic carbocycles. The maximum Gasteiger partial charge on any atom is 0.298 e. The lowest BCUT2D eigenvalue weighted by Gasteiger charge is -2.09. The first kappa shape index (κ1) is 11.6. The van der Waals surface area contributed by atoms with Gasteiger partial charge in [0.2, 0.25) is 0 Å². The van der Waals surface area contributed by atoms with E-state index in [9.17, 15) is 13.5 Å². The van der Waals surface area contributed by atoms with Crippen molar-refractivity contribution in [2.45, 2.75) is 0 Å². The second kappa shape index (κ2) is 4.37. The van der Waals surface area contributed by atoms with Crippen LogP contribution in [0.15, 0.2) is 18.2 Å². The third-order valence-electron chi connectivity index (χ3n) is 1.72. The number of anilines is 1. The molecule has 0 spiro atoms. The van der Waals surface area contributed by atoms with Crippen LogP contribution in [0, 0.1) is 0 Å². The van der Waals surface area contributed by atoms with E-state index in [1.807, 2.05) is 0 Å². The van der Waals surface area contributed by atoms with Crippen LogP contribution in [0.25, 0.3) is 0 Å². The van der Waals surface area contributed by atoms with Gasteiger partial charge in [-0.15, -0.1) is 0 Å². The van der Waals surface area contributed by atoms with E-state index in [0.717, 1.165) is 0 Å². The Labute approximate surface area is 88.1 Å². The summed E-state index contributed by atoms with van der Waals surface area (Å²) in [6.07, 6.45) is 0. The fourth-order valence-corrected chi connectivity index (χ4v) is 1.47. The van der Waals surface area contributed by atoms with Gasteiger partial charge in [-0.1, -0.05) is 0 Å². The van der Waals surface area contributed by atoms with E-state index in [0.29, 0.717) is 5.75 Å². The largest absolute Gasteiger partial charge is 0.506 e. The molecule has 0 radical (unpaired) electrons. The Morgan fingerprint density at radius 3 is 2.60 bits per heavy atom. The molecule has 3 N–H and O–H groups in total. The monoisotopic (exact) mass is 232 g/mol. The zero-order valence-electron chi connectivity index (χ0n) is 8.31. The summed E-state index contributed by atoms with van der Waals surface area (Å²) in [5.74, 6) is 0.274. The lowest BCUT2D eigenvalue weighted by molar-refractivity contribution is 0.413. The van der Waals surface area contributed by atoms with Crippen LogP contribution in [-0.2, 0) is 10.2 Å². The Bertz CT molecular complexity index is 444. The van der Waals surface area contributed by atoms with Gasteiger partial charge in [-0.3, -0.25) is 4.72 Å². The quantitative estimate of drug-likeness (QED) is 0.650. The van der Waals surface area contributed by atoms with E-state index in [1.165, 1.54) is 32.4 Å². The molecule has 0 heterocycles. The summed E-state index contributed by atoms with van der Waals surface area (Å²) in [6.45, 7) is 0. The zero-order valence-corrected chi connectivity index (χ0v) is 9.13. The number of phenols is 1. The number of benzene rings is 1. The Balaban J connectivity index is 3.04. The minimum absolute atomic E-state index is 0.0590. The normalized spacial score (nSPS) is 11.1. The zero-order chi connectivity index (χ0) is 11.5. The summed E-state index contributed by atoms with van der Waals surface area (Å²) in [6, 6.07) is 4.24. The van der Waals surface area contributed by atoms with Crippen molar-refractivity contribution in [3.63, 3.8) is 0 Å². The highest BCUT2D eigenvalue weighted by molar-refractivity contribution is 7.90. The van der Waals surface area contributed by atoms with Crippen molar-refractivity contribution in [1.29, 1.82) is 0 Å². The summed E-state index contributed by atoms with van der Waals surface area (Å²) in [4.78, 5) is 0. The van der Waals surface area contributed by atoms with E-state index in [2.05, 4.69) is 9.44 Å². The Kier molecular flexibility index (Phi) is 3.38. The number of ether oxygens (including phenoxy) is 1. The van der Waals surface area contributed by atoms with Gasteiger partial charge in [0.25, 0.3) is 10.2 Å². The van der Waals surface area contributed by atoms with Crippen LogP contribution < -0.4 is 14.2 Å². The average Bonchev–Trinajstić information content (AvgIpc) is 2.21. The van der Waals surface area contributed by atoms with Gasteiger partial charge in [0.05, 0.1) is 12.8 Å². The highest BCUT2D eigenvalue weighted by Gasteiger charge is 2.10. The molecule has 0 amide bonds.